The molecule has 0 heterocycles. The second kappa shape index (κ2) is 20.9. The maximum atomic E-state index is 5.19. The summed E-state index contributed by atoms with van der Waals surface area (Å²) >= 11 is 0. The summed E-state index contributed by atoms with van der Waals surface area (Å²) in [4.78, 5) is 0. The van der Waals surface area contributed by atoms with Crippen molar-refractivity contribution in [2.24, 2.45) is 0 Å². The normalized spacial score (nSPS) is 10.1. The SMILES string of the molecule is COc1ccc(-c2ccccc2)c(C)c1.Cc1ccc(-c2ccccc2)c(C)c1.Cc1ccc(-c2ccccc2)c(C)c1.Cc1ccccc1-c1ccccc1. The fourth-order valence-electron chi connectivity index (χ4n) is 6.73. The highest BCUT2D eigenvalue weighted by Gasteiger charge is 2.03. The molecule has 8 aromatic carbocycles. The molecular formula is C55H54O. The zero-order valence-electron chi connectivity index (χ0n) is 34.0. The molecule has 0 fully saturated rings. The van der Waals surface area contributed by atoms with Gasteiger partial charge in [0.15, 0.2) is 0 Å². The molecule has 8 aromatic rings. The lowest BCUT2D eigenvalue weighted by atomic mass is 9.99. The summed E-state index contributed by atoms with van der Waals surface area (Å²) < 4.78 is 5.19. The third-order valence-corrected chi connectivity index (χ3v) is 9.68. The monoisotopic (exact) mass is 730 g/mol. The van der Waals surface area contributed by atoms with Gasteiger partial charge in [0.1, 0.15) is 5.75 Å². The molecule has 280 valence electrons. The van der Waals surface area contributed by atoms with Gasteiger partial charge in [-0.25, -0.2) is 0 Å². The van der Waals surface area contributed by atoms with Crippen LogP contribution in [0.5, 0.6) is 5.75 Å². The number of aryl methyl sites for hydroxylation is 6. The Hall–Kier alpha value is -6.44. The van der Waals surface area contributed by atoms with E-state index in [0.717, 1.165) is 5.75 Å². The second-order valence-electron chi connectivity index (χ2n) is 14.1. The van der Waals surface area contributed by atoms with E-state index in [2.05, 4.69) is 211 Å². The lowest BCUT2D eigenvalue weighted by Gasteiger charge is -2.07. The minimum Gasteiger partial charge on any atom is -0.497 e. The first-order valence-electron chi connectivity index (χ1n) is 19.3. The number of hydrogen-bond acceptors (Lipinski definition) is 1. The van der Waals surface area contributed by atoms with Crippen LogP contribution < -0.4 is 4.74 Å². The molecule has 1 heteroatoms. The Morgan fingerprint density at radius 3 is 0.893 bits per heavy atom. The summed E-state index contributed by atoms with van der Waals surface area (Å²) in [6.45, 7) is 12.8. The van der Waals surface area contributed by atoms with Gasteiger partial charge in [0.05, 0.1) is 7.11 Å². The molecule has 8 rings (SSSR count). The summed E-state index contributed by atoms with van der Waals surface area (Å²) in [6, 6.07) is 69.6. The van der Waals surface area contributed by atoms with Crippen LogP contribution >= 0.6 is 0 Å². The highest BCUT2D eigenvalue weighted by atomic mass is 16.5. The predicted molar refractivity (Wildman–Crippen MR) is 242 cm³/mol. The summed E-state index contributed by atoms with van der Waals surface area (Å²) in [5, 5.41) is 0. The van der Waals surface area contributed by atoms with E-state index in [9.17, 15) is 0 Å². The van der Waals surface area contributed by atoms with Gasteiger partial charge in [-0.2, -0.15) is 0 Å². The quantitative estimate of drug-likeness (QED) is 0.171. The predicted octanol–water partition coefficient (Wildman–Crippen LogP) is 15.3. The molecule has 0 saturated carbocycles. The maximum absolute atomic E-state index is 5.19. The fourth-order valence-corrected chi connectivity index (χ4v) is 6.73. The molecule has 1 nitrogen and oxygen atoms in total. The second-order valence-corrected chi connectivity index (χ2v) is 14.1. The van der Waals surface area contributed by atoms with Gasteiger partial charge in [-0.05, 0) is 120 Å². The molecule has 0 bridgehead atoms. The van der Waals surface area contributed by atoms with Gasteiger partial charge in [0.2, 0.25) is 0 Å². The smallest absolute Gasteiger partial charge is 0.119 e. The minimum absolute atomic E-state index is 0.909. The molecular weight excluding hydrogens is 677 g/mol. The lowest BCUT2D eigenvalue weighted by Crippen LogP contribution is -1.86. The minimum atomic E-state index is 0.909. The number of ether oxygens (including phenoxy) is 1. The molecule has 0 atom stereocenters. The van der Waals surface area contributed by atoms with Gasteiger partial charge < -0.3 is 4.74 Å². The summed E-state index contributed by atoms with van der Waals surface area (Å²) in [5.74, 6) is 0.909. The Kier molecular flexibility index (Phi) is 15.2. The van der Waals surface area contributed by atoms with Crippen LogP contribution in [0.15, 0.2) is 200 Å². The van der Waals surface area contributed by atoms with Crippen LogP contribution in [0.4, 0.5) is 0 Å². The van der Waals surface area contributed by atoms with E-state index in [-0.39, 0.29) is 0 Å². The van der Waals surface area contributed by atoms with Crippen molar-refractivity contribution in [2.45, 2.75) is 41.5 Å². The first-order chi connectivity index (χ1) is 27.2. The van der Waals surface area contributed by atoms with Crippen molar-refractivity contribution in [3.63, 3.8) is 0 Å². The van der Waals surface area contributed by atoms with Crippen molar-refractivity contribution in [1.29, 1.82) is 0 Å². The van der Waals surface area contributed by atoms with Gasteiger partial charge in [-0.3, -0.25) is 0 Å². The van der Waals surface area contributed by atoms with Gasteiger partial charge in [-0.15, -0.1) is 0 Å². The summed E-state index contributed by atoms with van der Waals surface area (Å²) in [7, 11) is 1.69. The number of rotatable bonds is 5. The zero-order chi connectivity index (χ0) is 39.7. The van der Waals surface area contributed by atoms with Crippen molar-refractivity contribution >= 4 is 0 Å². The van der Waals surface area contributed by atoms with Crippen LogP contribution in [-0.4, -0.2) is 7.11 Å². The Bertz CT molecular complexity index is 2290. The summed E-state index contributed by atoms with van der Waals surface area (Å²) in [5.41, 5.74) is 18.3. The van der Waals surface area contributed by atoms with Crippen molar-refractivity contribution in [3.05, 3.63) is 234 Å². The first-order valence-corrected chi connectivity index (χ1v) is 19.3. The molecule has 0 N–H and O–H groups in total. The van der Waals surface area contributed by atoms with Crippen molar-refractivity contribution in [2.75, 3.05) is 7.11 Å². The Labute approximate surface area is 336 Å². The van der Waals surface area contributed by atoms with E-state index in [0.29, 0.717) is 0 Å². The van der Waals surface area contributed by atoms with Crippen molar-refractivity contribution in [1.82, 2.24) is 0 Å². The summed E-state index contributed by atoms with van der Waals surface area (Å²) in [6.07, 6.45) is 0. The third-order valence-electron chi connectivity index (χ3n) is 9.68. The van der Waals surface area contributed by atoms with Crippen molar-refractivity contribution < 1.29 is 4.74 Å². The molecule has 0 amide bonds. The van der Waals surface area contributed by atoms with Crippen LogP contribution in [0.25, 0.3) is 44.5 Å². The van der Waals surface area contributed by atoms with Crippen molar-refractivity contribution in [3.8, 4) is 50.3 Å². The van der Waals surface area contributed by atoms with Crippen LogP contribution in [0.1, 0.15) is 33.4 Å². The number of methoxy groups -OCH3 is 1. The highest BCUT2D eigenvalue weighted by Crippen LogP contribution is 2.27. The first kappa shape index (κ1) is 40.7. The number of hydrogen-bond donors (Lipinski definition) is 0. The molecule has 0 aliphatic rings. The largest absolute Gasteiger partial charge is 0.497 e. The van der Waals surface area contributed by atoms with E-state index < -0.39 is 0 Å². The van der Waals surface area contributed by atoms with Gasteiger partial charge in [0, 0.05) is 0 Å². The molecule has 56 heavy (non-hydrogen) atoms. The Morgan fingerprint density at radius 2 is 0.571 bits per heavy atom. The molecule has 0 saturated heterocycles. The average molecular weight is 731 g/mol. The average Bonchev–Trinajstić information content (AvgIpc) is 3.23. The fraction of sp³-hybridized carbons (Fsp3) is 0.127. The third kappa shape index (κ3) is 11.8. The van der Waals surface area contributed by atoms with Crippen LogP contribution in [0, 0.1) is 41.5 Å². The van der Waals surface area contributed by atoms with Gasteiger partial charge in [0.25, 0.3) is 0 Å². The zero-order valence-corrected chi connectivity index (χ0v) is 34.0. The molecule has 0 aromatic heterocycles. The van der Waals surface area contributed by atoms with E-state index in [1.165, 1.54) is 77.9 Å². The highest BCUT2D eigenvalue weighted by molar-refractivity contribution is 5.70. The Balaban J connectivity index is 0.000000143. The van der Waals surface area contributed by atoms with Crippen LogP contribution in [0.2, 0.25) is 0 Å². The molecule has 0 radical (unpaired) electrons. The lowest BCUT2D eigenvalue weighted by molar-refractivity contribution is 0.414. The van der Waals surface area contributed by atoms with E-state index in [4.69, 9.17) is 4.74 Å². The van der Waals surface area contributed by atoms with Crippen LogP contribution in [0.3, 0.4) is 0 Å². The van der Waals surface area contributed by atoms with Gasteiger partial charge >= 0.3 is 0 Å². The molecule has 0 aliphatic heterocycles. The van der Waals surface area contributed by atoms with E-state index in [1.54, 1.807) is 7.11 Å². The topological polar surface area (TPSA) is 9.23 Å². The van der Waals surface area contributed by atoms with E-state index >= 15 is 0 Å². The molecule has 0 spiro atoms. The Morgan fingerprint density at radius 1 is 0.268 bits per heavy atom. The molecule has 0 unspecified atom stereocenters. The van der Waals surface area contributed by atoms with Gasteiger partial charge in [-0.1, -0.05) is 199 Å². The van der Waals surface area contributed by atoms with E-state index in [1.807, 2.05) is 30.3 Å². The van der Waals surface area contributed by atoms with Crippen LogP contribution in [-0.2, 0) is 0 Å². The molecule has 0 aliphatic carbocycles. The maximum Gasteiger partial charge on any atom is 0.119 e. The number of benzene rings is 8. The standard InChI is InChI=1S/C14H14O.2C14H14.C13H12/c1-11-10-13(15-2)8-9-14(11)12-6-4-3-5-7-12;2*1-11-8-9-14(12(2)10-11)13-6-4-3-5-7-13;1-11-7-5-6-10-13(11)12-8-3-2-4-9-12/h3-10H,1-2H3;2*3-10H,1-2H3;2-10H,1H3.